The van der Waals surface area contributed by atoms with Crippen LogP contribution in [0.25, 0.3) is 0 Å². The minimum Gasteiger partial charge on any atom is -0.493 e. The molecule has 1 aliphatic rings. The summed E-state index contributed by atoms with van der Waals surface area (Å²) in [6.45, 7) is 0. The van der Waals surface area contributed by atoms with Gasteiger partial charge >= 0.3 is 0 Å². The summed E-state index contributed by atoms with van der Waals surface area (Å²) in [7, 11) is 4.76. The van der Waals surface area contributed by atoms with Crippen molar-refractivity contribution < 1.29 is 19.0 Å². The zero-order valence-electron chi connectivity index (χ0n) is 21.6. The van der Waals surface area contributed by atoms with E-state index in [0.717, 1.165) is 11.3 Å². The van der Waals surface area contributed by atoms with Crippen LogP contribution in [0.1, 0.15) is 35.4 Å². The summed E-state index contributed by atoms with van der Waals surface area (Å²) >= 11 is 0. The Labute approximate surface area is 219 Å². The minimum atomic E-state index is 0.0276. The van der Waals surface area contributed by atoms with Crippen molar-refractivity contribution >= 4 is 5.91 Å². The highest BCUT2D eigenvalue weighted by Gasteiger charge is 2.23. The number of ether oxygens (including phenoxy) is 3. The first kappa shape index (κ1) is 25.8. The number of methoxy groups -OCH3 is 3. The van der Waals surface area contributed by atoms with Gasteiger partial charge in [0, 0.05) is 24.2 Å². The van der Waals surface area contributed by atoms with Crippen LogP contribution in [-0.2, 0) is 11.2 Å². The van der Waals surface area contributed by atoms with E-state index in [1.165, 1.54) is 11.1 Å². The predicted molar refractivity (Wildman–Crippen MR) is 147 cm³/mol. The van der Waals surface area contributed by atoms with Gasteiger partial charge in [-0.1, -0.05) is 72.8 Å². The van der Waals surface area contributed by atoms with Gasteiger partial charge in [-0.15, -0.1) is 0 Å². The summed E-state index contributed by atoms with van der Waals surface area (Å²) in [6, 6.07) is 24.7. The Morgan fingerprint density at radius 2 is 1.38 bits per heavy atom. The van der Waals surface area contributed by atoms with Gasteiger partial charge in [-0.3, -0.25) is 9.69 Å². The average molecular weight is 496 g/mol. The second kappa shape index (κ2) is 12.6. The van der Waals surface area contributed by atoms with Crippen molar-refractivity contribution in [2.24, 2.45) is 0 Å². The highest BCUT2D eigenvalue weighted by atomic mass is 16.5. The predicted octanol–water partition coefficient (Wildman–Crippen LogP) is 6.66. The van der Waals surface area contributed by atoms with Gasteiger partial charge in [0.05, 0.1) is 21.3 Å². The van der Waals surface area contributed by atoms with Gasteiger partial charge in [-0.2, -0.15) is 0 Å². The number of allylic oxidation sites excluding steroid dienone is 5. The molecule has 0 saturated heterocycles. The van der Waals surface area contributed by atoms with E-state index < -0.39 is 0 Å². The van der Waals surface area contributed by atoms with Gasteiger partial charge < -0.3 is 14.2 Å². The molecule has 37 heavy (non-hydrogen) atoms. The highest BCUT2D eigenvalue weighted by molar-refractivity contribution is 5.80. The fraction of sp³-hybridized carbons (Fsp3) is 0.219. The molecule has 0 N–H and O–H groups in total. The second-order valence-electron chi connectivity index (χ2n) is 8.76. The monoisotopic (exact) mass is 495 g/mol. The molecular weight excluding hydrogens is 462 g/mol. The van der Waals surface area contributed by atoms with Crippen LogP contribution >= 0.6 is 0 Å². The number of carbonyl (C=O) groups excluding carboxylic acids is 1. The Hall–Kier alpha value is -4.25. The number of carbonyl (C=O) groups is 1. The lowest BCUT2D eigenvalue weighted by molar-refractivity contribution is -0.127. The Balaban J connectivity index is 1.56. The number of hydrogen-bond acceptors (Lipinski definition) is 4. The molecule has 0 fully saturated rings. The van der Waals surface area contributed by atoms with Crippen LogP contribution in [0.3, 0.4) is 0 Å². The molecule has 1 heterocycles. The highest BCUT2D eigenvalue weighted by Crippen LogP contribution is 2.39. The van der Waals surface area contributed by atoms with Crippen molar-refractivity contribution in [3.8, 4) is 17.2 Å². The van der Waals surface area contributed by atoms with E-state index in [-0.39, 0.29) is 11.8 Å². The maximum absolute atomic E-state index is 13.5. The molecule has 0 unspecified atom stereocenters. The Morgan fingerprint density at radius 1 is 0.784 bits per heavy atom. The first-order valence-corrected chi connectivity index (χ1v) is 12.4. The number of aryl methyl sites for hydroxylation is 1. The van der Waals surface area contributed by atoms with Crippen molar-refractivity contribution in [1.82, 2.24) is 4.90 Å². The van der Waals surface area contributed by atoms with E-state index in [1.54, 1.807) is 26.2 Å². The molecule has 1 aliphatic heterocycles. The maximum Gasteiger partial charge on any atom is 0.231 e. The fourth-order valence-corrected chi connectivity index (χ4v) is 4.61. The number of benzene rings is 3. The summed E-state index contributed by atoms with van der Waals surface area (Å²) in [5.41, 5.74) is 4.34. The molecule has 0 aliphatic carbocycles. The van der Waals surface area contributed by atoms with Gasteiger partial charge in [0.2, 0.25) is 11.7 Å². The third-order valence-electron chi connectivity index (χ3n) is 6.49. The number of rotatable bonds is 10. The lowest BCUT2D eigenvalue weighted by Gasteiger charge is -2.26. The summed E-state index contributed by atoms with van der Waals surface area (Å²) in [4.78, 5) is 15.3. The topological polar surface area (TPSA) is 48.0 Å². The van der Waals surface area contributed by atoms with E-state index in [0.29, 0.717) is 36.5 Å². The zero-order chi connectivity index (χ0) is 26.0. The van der Waals surface area contributed by atoms with Gasteiger partial charge in [0.1, 0.15) is 0 Å². The van der Waals surface area contributed by atoms with E-state index >= 15 is 0 Å². The molecule has 0 radical (unpaired) electrons. The molecule has 5 heteroatoms. The first-order valence-electron chi connectivity index (χ1n) is 12.4. The van der Waals surface area contributed by atoms with Crippen LogP contribution in [-0.4, -0.2) is 32.1 Å². The quantitative estimate of drug-likeness (QED) is 0.315. The van der Waals surface area contributed by atoms with Crippen LogP contribution in [0.15, 0.2) is 109 Å². The number of nitrogens with zero attached hydrogens (tertiary/aromatic N) is 1. The number of amides is 1. The first-order chi connectivity index (χ1) is 18.1. The SMILES string of the molecule is COc1cc(CCC(=O)N2C=CC=CC=C2CC(c2ccccc2)c2ccccc2)cc(OC)c1OC. The molecule has 0 aromatic heterocycles. The molecule has 0 spiro atoms. The van der Waals surface area contributed by atoms with Crippen LogP contribution in [0.5, 0.6) is 17.2 Å². The van der Waals surface area contributed by atoms with Gasteiger partial charge in [-0.25, -0.2) is 0 Å². The normalized spacial score (nSPS) is 12.8. The van der Waals surface area contributed by atoms with Gasteiger partial charge in [0.25, 0.3) is 0 Å². The average Bonchev–Trinajstić information content (AvgIpc) is 3.20. The third kappa shape index (κ3) is 6.31. The van der Waals surface area contributed by atoms with Crippen LogP contribution in [0.4, 0.5) is 0 Å². The second-order valence-corrected chi connectivity index (χ2v) is 8.76. The minimum absolute atomic E-state index is 0.0276. The third-order valence-corrected chi connectivity index (χ3v) is 6.49. The molecule has 3 aromatic rings. The molecule has 3 aromatic carbocycles. The molecule has 0 bridgehead atoms. The molecule has 1 amide bonds. The standard InChI is InChI=1S/C32H33NO4/c1-35-29-21-24(22-30(36-2)32(29)37-3)18-19-31(34)33-20-12-6-11-17-27(33)23-28(25-13-7-4-8-14-25)26-15-9-5-10-16-26/h4-17,20-22,28H,18-19,23H2,1-3H3. The van der Waals surface area contributed by atoms with Crippen LogP contribution in [0, 0.1) is 0 Å². The maximum atomic E-state index is 13.5. The van der Waals surface area contributed by atoms with Crippen LogP contribution < -0.4 is 14.2 Å². The molecular formula is C32H33NO4. The molecule has 190 valence electrons. The molecule has 5 nitrogen and oxygen atoms in total. The molecule has 4 rings (SSSR count). The lowest BCUT2D eigenvalue weighted by atomic mass is 9.87. The largest absolute Gasteiger partial charge is 0.493 e. The van der Waals surface area contributed by atoms with Crippen LogP contribution in [0.2, 0.25) is 0 Å². The van der Waals surface area contributed by atoms with Crippen molar-refractivity contribution in [1.29, 1.82) is 0 Å². The van der Waals surface area contributed by atoms with E-state index in [1.807, 2.05) is 54.8 Å². The zero-order valence-corrected chi connectivity index (χ0v) is 21.6. The smallest absolute Gasteiger partial charge is 0.231 e. The summed E-state index contributed by atoms with van der Waals surface area (Å²) < 4.78 is 16.4. The van der Waals surface area contributed by atoms with E-state index in [4.69, 9.17) is 14.2 Å². The number of hydrogen-bond donors (Lipinski definition) is 0. The summed E-state index contributed by atoms with van der Waals surface area (Å²) in [6.07, 6.45) is 11.3. The molecule has 0 saturated carbocycles. The van der Waals surface area contributed by atoms with Crippen molar-refractivity contribution in [2.45, 2.75) is 25.2 Å². The Bertz CT molecular complexity index is 1210. The lowest BCUT2D eigenvalue weighted by Crippen LogP contribution is -2.26. The Morgan fingerprint density at radius 3 is 1.92 bits per heavy atom. The molecule has 0 atom stereocenters. The van der Waals surface area contributed by atoms with E-state index in [9.17, 15) is 4.79 Å². The van der Waals surface area contributed by atoms with E-state index in [2.05, 4.69) is 48.5 Å². The van der Waals surface area contributed by atoms with Gasteiger partial charge in [-0.05, 0) is 53.8 Å². The van der Waals surface area contributed by atoms with Crippen molar-refractivity contribution in [3.05, 3.63) is 126 Å². The summed E-state index contributed by atoms with van der Waals surface area (Å²) in [5.74, 6) is 1.85. The fourth-order valence-electron chi connectivity index (χ4n) is 4.61. The van der Waals surface area contributed by atoms with Crippen molar-refractivity contribution in [3.63, 3.8) is 0 Å². The Kier molecular flexibility index (Phi) is 8.82. The summed E-state index contributed by atoms with van der Waals surface area (Å²) in [5, 5.41) is 0. The van der Waals surface area contributed by atoms with Gasteiger partial charge in [0.15, 0.2) is 11.5 Å². The van der Waals surface area contributed by atoms with Crippen molar-refractivity contribution in [2.75, 3.05) is 21.3 Å².